The van der Waals surface area contributed by atoms with E-state index in [9.17, 15) is 0 Å². The molecule has 0 radical (unpaired) electrons. The fourth-order valence-corrected chi connectivity index (χ4v) is 4.08. The number of benzene rings is 1. The summed E-state index contributed by atoms with van der Waals surface area (Å²) in [5, 5.41) is 3.55. The summed E-state index contributed by atoms with van der Waals surface area (Å²) in [6.45, 7) is 4.38. The lowest BCUT2D eigenvalue weighted by molar-refractivity contribution is 0.0610. The molecule has 1 aliphatic heterocycles. The average Bonchev–Trinajstić information content (AvgIpc) is 3.25. The molecule has 2 aromatic rings. The first-order valence-electron chi connectivity index (χ1n) is 10.1. The highest BCUT2D eigenvalue weighted by Gasteiger charge is 2.17. The van der Waals surface area contributed by atoms with Crippen molar-refractivity contribution in [3.63, 3.8) is 0 Å². The number of hydrogen-bond acceptors (Lipinski definition) is 4. The molecule has 0 spiro atoms. The summed E-state index contributed by atoms with van der Waals surface area (Å²) in [4.78, 5) is 8.41. The van der Waals surface area contributed by atoms with E-state index in [4.69, 9.17) is 14.1 Å². The van der Waals surface area contributed by atoms with Crippen LogP contribution in [0, 0.1) is 5.92 Å². The molecule has 2 heterocycles. The molecule has 1 aliphatic rings. The second kappa shape index (κ2) is 11.8. The first-order valence-corrected chi connectivity index (χ1v) is 11.1. The first-order chi connectivity index (χ1) is 13.8. The van der Waals surface area contributed by atoms with Crippen LogP contribution in [0.15, 0.2) is 63.0 Å². The zero-order valence-electron chi connectivity index (χ0n) is 16.7. The van der Waals surface area contributed by atoms with Gasteiger partial charge in [-0.05, 0) is 43.0 Å². The van der Waals surface area contributed by atoms with Crippen LogP contribution in [-0.2, 0) is 11.2 Å². The van der Waals surface area contributed by atoms with Crippen molar-refractivity contribution in [1.82, 2.24) is 10.2 Å². The van der Waals surface area contributed by atoms with Crippen molar-refractivity contribution in [2.75, 3.05) is 45.6 Å². The van der Waals surface area contributed by atoms with Gasteiger partial charge in [0.15, 0.2) is 5.96 Å². The fraction of sp³-hybridized carbons (Fsp3) is 0.500. The van der Waals surface area contributed by atoms with Crippen molar-refractivity contribution >= 4 is 17.7 Å². The second-order valence-corrected chi connectivity index (χ2v) is 8.23. The van der Waals surface area contributed by atoms with Gasteiger partial charge in [0.25, 0.3) is 0 Å². The van der Waals surface area contributed by atoms with Crippen LogP contribution in [0.3, 0.4) is 0 Å². The maximum absolute atomic E-state index is 5.49. The van der Waals surface area contributed by atoms with E-state index in [1.807, 2.05) is 23.9 Å². The van der Waals surface area contributed by atoms with Crippen molar-refractivity contribution in [1.29, 1.82) is 0 Å². The molecule has 0 unspecified atom stereocenters. The van der Waals surface area contributed by atoms with Crippen LogP contribution in [-0.4, -0.2) is 56.5 Å². The van der Waals surface area contributed by atoms with Crippen molar-refractivity contribution in [2.24, 2.45) is 10.9 Å². The van der Waals surface area contributed by atoms with Gasteiger partial charge in [0.2, 0.25) is 0 Å². The Balaban J connectivity index is 1.49. The summed E-state index contributed by atoms with van der Waals surface area (Å²) in [5.41, 5.74) is 0. The Bertz CT molecular complexity index is 685. The van der Waals surface area contributed by atoms with Crippen LogP contribution < -0.4 is 5.32 Å². The third kappa shape index (κ3) is 7.24. The van der Waals surface area contributed by atoms with Crippen LogP contribution in [0.1, 0.15) is 18.6 Å². The van der Waals surface area contributed by atoms with Crippen molar-refractivity contribution < 1.29 is 9.15 Å². The number of nitrogens with zero attached hydrogens (tertiary/aromatic N) is 2. The Hall–Kier alpha value is -1.92. The number of ether oxygens (including phenoxy) is 1. The number of aliphatic imine (C=N–C) groups is 1. The summed E-state index contributed by atoms with van der Waals surface area (Å²) < 4.78 is 10.9. The molecule has 0 aliphatic carbocycles. The molecular weight excluding hydrogens is 370 g/mol. The van der Waals surface area contributed by atoms with E-state index in [0.717, 1.165) is 69.6 Å². The van der Waals surface area contributed by atoms with Gasteiger partial charge in [-0.2, -0.15) is 0 Å². The maximum Gasteiger partial charge on any atom is 0.193 e. The van der Waals surface area contributed by atoms with Crippen molar-refractivity contribution in [3.05, 3.63) is 54.5 Å². The van der Waals surface area contributed by atoms with Gasteiger partial charge in [-0.1, -0.05) is 18.2 Å². The quantitative estimate of drug-likeness (QED) is 0.299. The zero-order valence-corrected chi connectivity index (χ0v) is 17.5. The van der Waals surface area contributed by atoms with E-state index in [-0.39, 0.29) is 0 Å². The zero-order chi connectivity index (χ0) is 19.4. The molecule has 1 saturated heterocycles. The minimum Gasteiger partial charge on any atom is -0.469 e. The number of furan rings is 1. The van der Waals surface area contributed by atoms with E-state index in [2.05, 4.69) is 47.6 Å². The predicted molar refractivity (Wildman–Crippen MR) is 116 cm³/mol. The minimum atomic E-state index is 0.675. The second-order valence-electron chi connectivity index (χ2n) is 7.06. The molecule has 152 valence electrons. The van der Waals surface area contributed by atoms with E-state index >= 15 is 0 Å². The highest BCUT2D eigenvalue weighted by atomic mass is 32.2. The molecule has 1 N–H and O–H groups in total. The molecule has 0 bridgehead atoms. The van der Waals surface area contributed by atoms with Crippen LogP contribution in [0.25, 0.3) is 0 Å². The monoisotopic (exact) mass is 401 g/mol. The summed E-state index contributed by atoms with van der Waals surface area (Å²) in [7, 11) is 2.14. The van der Waals surface area contributed by atoms with Gasteiger partial charge in [0.05, 0.1) is 6.26 Å². The Kier molecular flexibility index (Phi) is 8.78. The summed E-state index contributed by atoms with van der Waals surface area (Å²) >= 11 is 1.86. The molecule has 0 amide bonds. The normalized spacial score (nSPS) is 15.5. The standard InChI is InChI=1S/C22H31N3O2S/c1-25(18-19-10-15-26-16-11-19)22(23-12-9-20-6-5-14-27-20)24-13-17-28-21-7-3-2-4-8-21/h2-8,14,19H,9-13,15-18H2,1H3,(H,23,24). The topological polar surface area (TPSA) is 50.0 Å². The van der Waals surface area contributed by atoms with Crippen LogP contribution in [0.4, 0.5) is 0 Å². The summed E-state index contributed by atoms with van der Waals surface area (Å²) in [6, 6.07) is 14.5. The average molecular weight is 402 g/mol. The molecule has 1 aromatic heterocycles. The molecule has 6 heteroatoms. The van der Waals surface area contributed by atoms with Crippen molar-refractivity contribution in [2.45, 2.75) is 24.2 Å². The lowest BCUT2D eigenvalue weighted by Crippen LogP contribution is -2.43. The third-order valence-corrected chi connectivity index (χ3v) is 5.85. The molecular formula is C22H31N3O2S. The Labute approximate surface area is 172 Å². The number of rotatable bonds is 9. The summed E-state index contributed by atoms with van der Waals surface area (Å²) in [5.74, 6) is 3.64. The van der Waals surface area contributed by atoms with Gasteiger partial charge in [-0.3, -0.25) is 4.99 Å². The van der Waals surface area contributed by atoms with Crippen LogP contribution in [0.5, 0.6) is 0 Å². The van der Waals surface area contributed by atoms with E-state index in [1.165, 1.54) is 4.90 Å². The number of guanidine groups is 1. The fourth-order valence-electron chi connectivity index (χ4n) is 3.29. The Morgan fingerprint density at radius 1 is 1.18 bits per heavy atom. The van der Waals surface area contributed by atoms with Gasteiger partial charge < -0.3 is 19.4 Å². The van der Waals surface area contributed by atoms with Gasteiger partial charge in [-0.25, -0.2) is 0 Å². The molecule has 0 atom stereocenters. The Morgan fingerprint density at radius 2 is 2.00 bits per heavy atom. The molecule has 3 rings (SSSR count). The van der Waals surface area contributed by atoms with Crippen LogP contribution in [0.2, 0.25) is 0 Å². The van der Waals surface area contributed by atoms with E-state index < -0.39 is 0 Å². The smallest absolute Gasteiger partial charge is 0.193 e. The van der Waals surface area contributed by atoms with Crippen molar-refractivity contribution in [3.8, 4) is 0 Å². The lowest BCUT2D eigenvalue weighted by atomic mass is 10.00. The van der Waals surface area contributed by atoms with Crippen LogP contribution >= 0.6 is 11.8 Å². The van der Waals surface area contributed by atoms with E-state index in [1.54, 1.807) is 6.26 Å². The summed E-state index contributed by atoms with van der Waals surface area (Å²) in [6.07, 6.45) is 4.81. The highest BCUT2D eigenvalue weighted by Crippen LogP contribution is 2.17. The van der Waals surface area contributed by atoms with Gasteiger partial charge in [-0.15, -0.1) is 11.8 Å². The predicted octanol–water partition coefficient (Wildman–Crippen LogP) is 3.92. The van der Waals surface area contributed by atoms with Gasteiger partial charge in [0.1, 0.15) is 5.76 Å². The highest BCUT2D eigenvalue weighted by molar-refractivity contribution is 7.99. The number of hydrogen-bond donors (Lipinski definition) is 1. The molecule has 0 saturated carbocycles. The first kappa shape index (κ1) is 20.8. The SMILES string of the molecule is CN(CC1CCOCC1)C(=NCCc1ccco1)NCCSc1ccccc1. The molecule has 28 heavy (non-hydrogen) atoms. The van der Waals surface area contributed by atoms with Gasteiger partial charge >= 0.3 is 0 Å². The third-order valence-electron chi connectivity index (χ3n) is 4.83. The molecule has 5 nitrogen and oxygen atoms in total. The minimum absolute atomic E-state index is 0.675. The molecule has 1 aromatic carbocycles. The largest absolute Gasteiger partial charge is 0.469 e. The maximum atomic E-state index is 5.49. The number of nitrogens with one attached hydrogen (secondary N) is 1. The molecule has 1 fully saturated rings. The van der Waals surface area contributed by atoms with Gasteiger partial charge in [0, 0.05) is 57.0 Å². The van der Waals surface area contributed by atoms with E-state index in [0.29, 0.717) is 5.92 Å². The lowest BCUT2D eigenvalue weighted by Gasteiger charge is -2.29. The Morgan fingerprint density at radius 3 is 2.75 bits per heavy atom. The number of thioether (sulfide) groups is 1.